The van der Waals surface area contributed by atoms with Gasteiger partial charge in [-0.1, -0.05) is 32.0 Å². The summed E-state index contributed by atoms with van der Waals surface area (Å²) in [7, 11) is 0. The fourth-order valence-electron chi connectivity index (χ4n) is 3.34. The van der Waals surface area contributed by atoms with Crippen LogP contribution in [-0.4, -0.2) is 43.5 Å². The Morgan fingerprint density at radius 1 is 1.29 bits per heavy atom. The van der Waals surface area contributed by atoms with Crippen molar-refractivity contribution >= 4 is 16.9 Å². The second-order valence-electron chi connectivity index (χ2n) is 6.82. The number of nitrogens with one attached hydrogen (secondary N) is 2. The maximum Gasteiger partial charge on any atom is 0.236 e. The Labute approximate surface area is 143 Å². The Hall–Kier alpha value is -1.85. The summed E-state index contributed by atoms with van der Waals surface area (Å²) in [4.78, 5) is 14.3. The van der Waals surface area contributed by atoms with Gasteiger partial charge in [-0.25, -0.2) is 0 Å². The molecule has 24 heavy (non-hydrogen) atoms. The zero-order valence-electron chi connectivity index (χ0n) is 14.8. The van der Waals surface area contributed by atoms with Crippen LogP contribution >= 0.6 is 0 Å². The van der Waals surface area contributed by atoms with Gasteiger partial charge in [0.25, 0.3) is 0 Å². The first-order chi connectivity index (χ1) is 11.6. The lowest BCUT2D eigenvalue weighted by Gasteiger charge is -2.29. The van der Waals surface area contributed by atoms with Crippen molar-refractivity contribution in [3.8, 4) is 0 Å². The number of para-hydroxylation sites is 1. The Bertz CT molecular complexity index is 702. The molecule has 1 aromatic heterocycles. The normalized spacial score (nSPS) is 16.8. The van der Waals surface area contributed by atoms with Gasteiger partial charge in [0.1, 0.15) is 11.3 Å². The van der Waals surface area contributed by atoms with Crippen LogP contribution in [0.2, 0.25) is 0 Å². The average molecular weight is 329 g/mol. The van der Waals surface area contributed by atoms with E-state index in [-0.39, 0.29) is 11.9 Å². The molecule has 1 saturated heterocycles. The smallest absolute Gasteiger partial charge is 0.236 e. The predicted octanol–water partition coefficient (Wildman–Crippen LogP) is 2.46. The molecule has 1 aromatic carbocycles. The highest BCUT2D eigenvalue weighted by Gasteiger charge is 2.25. The lowest BCUT2D eigenvalue weighted by molar-refractivity contribution is -0.131. The van der Waals surface area contributed by atoms with E-state index in [2.05, 4.69) is 37.5 Å². The topological polar surface area (TPSA) is 57.5 Å². The van der Waals surface area contributed by atoms with Crippen LogP contribution in [-0.2, 0) is 4.79 Å². The zero-order valence-corrected chi connectivity index (χ0v) is 14.8. The van der Waals surface area contributed by atoms with E-state index < -0.39 is 0 Å². The monoisotopic (exact) mass is 329 g/mol. The third kappa shape index (κ3) is 3.47. The van der Waals surface area contributed by atoms with Crippen molar-refractivity contribution in [1.82, 2.24) is 15.5 Å². The first kappa shape index (κ1) is 17.0. The van der Waals surface area contributed by atoms with Gasteiger partial charge in [0.2, 0.25) is 5.91 Å². The molecule has 0 radical (unpaired) electrons. The molecule has 1 unspecified atom stereocenters. The minimum Gasteiger partial charge on any atom is -0.459 e. The van der Waals surface area contributed by atoms with Crippen molar-refractivity contribution in [1.29, 1.82) is 0 Å². The molecule has 1 atom stereocenters. The molecule has 1 amide bonds. The SMILES string of the molecule is Cc1c(C(NCC(=O)N2CCNCC2)C(C)C)oc2ccccc12. The van der Waals surface area contributed by atoms with Crippen LogP contribution in [0, 0.1) is 12.8 Å². The van der Waals surface area contributed by atoms with Crippen molar-refractivity contribution < 1.29 is 9.21 Å². The zero-order chi connectivity index (χ0) is 17.1. The maximum atomic E-state index is 12.4. The summed E-state index contributed by atoms with van der Waals surface area (Å²) in [6, 6.07) is 8.13. The molecule has 3 rings (SSSR count). The fraction of sp³-hybridized carbons (Fsp3) is 0.526. The van der Waals surface area contributed by atoms with Gasteiger partial charge < -0.3 is 14.6 Å². The molecule has 1 aliphatic rings. The molecule has 130 valence electrons. The summed E-state index contributed by atoms with van der Waals surface area (Å²) in [6.45, 7) is 10.1. The number of aryl methyl sites for hydroxylation is 1. The quantitative estimate of drug-likeness (QED) is 0.885. The van der Waals surface area contributed by atoms with Crippen molar-refractivity contribution in [3.05, 3.63) is 35.6 Å². The lowest BCUT2D eigenvalue weighted by atomic mass is 9.98. The van der Waals surface area contributed by atoms with Gasteiger partial charge in [0.05, 0.1) is 12.6 Å². The molecular formula is C19H27N3O2. The van der Waals surface area contributed by atoms with Crippen LogP contribution in [0.1, 0.15) is 31.2 Å². The highest BCUT2D eigenvalue weighted by atomic mass is 16.3. The second kappa shape index (κ2) is 7.36. The van der Waals surface area contributed by atoms with Crippen molar-refractivity contribution in [2.24, 2.45) is 5.92 Å². The van der Waals surface area contributed by atoms with Gasteiger partial charge in [-0.3, -0.25) is 10.1 Å². The third-order valence-electron chi connectivity index (χ3n) is 4.77. The molecule has 0 aliphatic carbocycles. The molecule has 1 fully saturated rings. The standard InChI is InChI=1S/C19H27N3O2/c1-13(2)18(21-12-17(23)22-10-8-20-9-11-22)19-14(3)15-6-4-5-7-16(15)24-19/h4-7,13,18,20-21H,8-12H2,1-3H3. The Morgan fingerprint density at radius 2 is 2.00 bits per heavy atom. The Kier molecular flexibility index (Phi) is 5.21. The summed E-state index contributed by atoms with van der Waals surface area (Å²) < 4.78 is 6.10. The predicted molar refractivity (Wildman–Crippen MR) is 96.0 cm³/mol. The molecule has 2 aromatic rings. The van der Waals surface area contributed by atoms with E-state index >= 15 is 0 Å². The number of fused-ring (bicyclic) bond motifs is 1. The minimum atomic E-state index is 0.0317. The van der Waals surface area contributed by atoms with Gasteiger partial charge in [-0.05, 0) is 24.5 Å². The molecule has 0 spiro atoms. The lowest BCUT2D eigenvalue weighted by Crippen LogP contribution is -2.49. The fourth-order valence-corrected chi connectivity index (χ4v) is 3.34. The summed E-state index contributed by atoms with van der Waals surface area (Å²) in [6.07, 6.45) is 0. The first-order valence-electron chi connectivity index (χ1n) is 8.78. The number of piperazine rings is 1. The van der Waals surface area contributed by atoms with E-state index in [9.17, 15) is 4.79 Å². The number of carbonyl (C=O) groups is 1. The number of furan rings is 1. The van der Waals surface area contributed by atoms with Crippen molar-refractivity contribution in [2.75, 3.05) is 32.7 Å². The number of rotatable bonds is 5. The van der Waals surface area contributed by atoms with E-state index in [1.807, 2.05) is 23.1 Å². The number of hydrogen-bond donors (Lipinski definition) is 2. The summed E-state index contributed by atoms with van der Waals surface area (Å²) >= 11 is 0. The van der Waals surface area contributed by atoms with Crippen LogP contribution in [0.3, 0.4) is 0 Å². The largest absolute Gasteiger partial charge is 0.459 e. The van der Waals surface area contributed by atoms with Gasteiger partial charge in [-0.15, -0.1) is 0 Å². The highest BCUT2D eigenvalue weighted by Crippen LogP contribution is 2.32. The molecule has 5 nitrogen and oxygen atoms in total. The Balaban J connectivity index is 1.74. The molecule has 2 N–H and O–H groups in total. The minimum absolute atomic E-state index is 0.0317. The van der Waals surface area contributed by atoms with Crippen LogP contribution in [0.5, 0.6) is 0 Å². The first-order valence-corrected chi connectivity index (χ1v) is 8.78. The van der Waals surface area contributed by atoms with Gasteiger partial charge in [0.15, 0.2) is 0 Å². The van der Waals surface area contributed by atoms with E-state index in [0.29, 0.717) is 12.5 Å². The number of hydrogen-bond acceptors (Lipinski definition) is 4. The van der Waals surface area contributed by atoms with E-state index in [1.54, 1.807) is 0 Å². The van der Waals surface area contributed by atoms with E-state index in [1.165, 1.54) is 0 Å². The van der Waals surface area contributed by atoms with Crippen molar-refractivity contribution in [3.63, 3.8) is 0 Å². The van der Waals surface area contributed by atoms with Crippen LogP contribution < -0.4 is 10.6 Å². The number of carbonyl (C=O) groups excluding carboxylic acids is 1. The van der Waals surface area contributed by atoms with Gasteiger partial charge in [-0.2, -0.15) is 0 Å². The molecule has 2 heterocycles. The summed E-state index contributed by atoms with van der Waals surface area (Å²) in [5.74, 6) is 1.44. The summed E-state index contributed by atoms with van der Waals surface area (Å²) in [5.41, 5.74) is 2.07. The van der Waals surface area contributed by atoms with E-state index in [4.69, 9.17) is 4.42 Å². The van der Waals surface area contributed by atoms with Crippen LogP contribution in [0.4, 0.5) is 0 Å². The maximum absolute atomic E-state index is 12.4. The van der Waals surface area contributed by atoms with Crippen LogP contribution in [0.15, 0.2) is 28.7 Å². The van der Waals surface area contributed by atoms with Crippen LogP contribution in [0.25, 0.3) is 11.0 Å². The third-order valence-corrected chi connectivity index (χ3v) is 4.77. The summed E-state index contributed by atoms with van der Waals surface area (Å²) in [5, 5.41) is 7.85. The van der Waals surface area contributed by atoms with Gasteiger partial charge in [0, 0.05) is 31.6 Å². The van der Waals surface area contributed by atoms with Gasteiger partial charge >= 0.3 is 0 Å². The molecular weight excluding hydrogens is 302 g/mol. The second-order valence-corrected chi connectivity index (χ2v) is 6.82. The number of benzene rings is 1. The van der Waals surface area contributed by atoms with Crippen molar-refractivity contribution in [2.45, 2.75) is 26.8 Å². The molecule has 0 saturated carbocycles. The Morgan fingerprint density at radius 3 is 2.67 bits per heavy atom. The molecule has 1 aliphatic heterocycles. The average Bonchev–Trinajstić information content (AvgIpc) is 2.92. The molecule has 0 bridgehead atoms. The molecule has 5 heteroatoms. The van der Waals surface area contributed by atoms with E-state index in [0.717, 1.165) is 48.5 Å². The number of amides is 1. The number of nitrogens with zero attached hydrogens (tertiary/aromatic N) is 1. The highest BCUT2D eigenvalue weighted by molar-refractivity contribution is 5.82.